The average molecular weight is 450 g/mol. The zero-order chi connectivity index (χ0) is 23.0. The molecule has 3 aliphatic heterocycles. The largest absolute Gasteiger partial charge is 0.342 e. The number of likely N-dealkylation sites (tertiary alicyclic amines) is 1. The van der Waals surface area contributed by atoms with Gasteiger partial charge < -0.3 is 15.5 Å². The van der Waals surface area contributed by atoms with Gasteiger partial charge in [-0.2, -0.15) is 5.48 Å². The summed E-state index contributed by atoms with van der Waals surface area (Å²) in [6, 6.07) is -0.232. The van der Waals surface area contributed by atoms with Gasteiger partial charge in [0.1, 0.15) is 6.04 Å². The van der Waals surface area contributed by atoms with Crippen molar-refractivity contribution in [1.82, 2.24) is 26.3 Å². The molecule has 4 fully saturated rings. The molecule has 32 heavy (non-hydrogen) atoms. The van der Waals surface area contributed by atoms with Crippen LogP contribution in [0.5, 0.6) is 0 Å². The molecule has 0 aromatic rings. The third kappa shape index (κ3) is 4.94. The molecule has 3 heterocycles. The number of carbonyl (C=O) groups is 3. The maximum Gasteiger partial charge on any atom is 0.321 e. The van der Waals surface area contributed by atoms with Gasteiger partial charge in [-0.15, -0.1) is 0 Å². The van der Waals surface area contributed by atoms with E-state index in [0.717, 1.165) is 38.6 Å². The van der Waals surface area contributed by atoms with E-state index in [1.165, 1.54) is 0 Å². The monoisotopic (exact) mass is 449 g/mol. The van der Waals surface area contributed by atoms with E-state index in [2.05, 4.69) is 35.3 Å². The van der Waals surface area contributed by atoms with Gasteiger partial charge in [0.25, 0.3) is 0 Å². The molecule has 1 aliphatic carbocycles. The SMILES string of the molecule is CC1CC2C(CN1)CC(C1CC(NC(=O)NC(=O)C3CC(C)ON3)CCC1C)C(=O)N2C. The Balaban J connectivity index is 1.34. The molecule has 9 heteroatoms. The molecule has 9 unspecified atom stereocenters. The van der Waals surface area contributed by atoms with E-state index in [9.17, 15) is 14.4 Å². The first kappa shape index (κ1) is 23.4. The molecule has 180 valence electrons. The van der Waals surface area contributed by atoms with Crippen molar-refractivity contribution in [2.24, 2.45) is 23.7 Å². The molecule has 4 rings (SSSR count). The third-order valence-corrected chi connectivity index (χ3v) is 8.23. The summed E-state index contributed by atoms with van der Waals surface area (Å²) in [4.78, 5) is 45.3. The number of fused-ring (bicyclic) bond motifs is 1. The zero-order valence-corrected chi connectivity index (χ0v) is 19.7. The van der Waals surface area contributed by atoms with Gasteiger partial charge in [0.15, 0.2) is 0 Å². The molecule has 4 amide bonds. The van der Waals surface area contributed by atoms with E-state index in [4.69, 9.17) is 4.84 Å². The van der Waals surface area contributed by atoms with Gasteiger partial charge >= 0.3 is 6.03 Å². The van der Waals surface area contributed by atoms with Crippen LogP contribution in [0.15, 0.2) is 0 Å². The number of hydroxylamine groups is 1. The molecule has 0 spiro atoms. The van der Waals surface area contributed by atoms with Crippen molar-refractivity contribution < 1.29 is 19.2 Å². The Morgan fingerprint density at radius 2 is 1.88 bits per heavy atom. The fraction of sp³-hybridized carbons (Fsp3) is 0.870. The van der Waals surface area contributed by atoms with Crippen molar-refractivity contribution in [3.05, 3.63) is 0 Å². The summed E-state index contributed by atoms with van der Waals surface area (Å²) >= 11 is 0. The molecule has 4 N–H and O–H groups in total. The van der Waals surface area contributed by atoms with Crippen LogP contribution in [0.1, 0.15) is 59.3 Å². The molecule has 9 atom stereocenters. The van der Waals surface area contributed by atoms with Gasteiger partial charge in [0, 0.05) is 44.1 Å². The topological polar surface area (TPSA) is 112 Å². The van der Waals surface area contributed by atoms with Gasteiger partial charge in [-0.05, 0) is 63.7 Å². The van der Waals surface area contributed by atoms with Crippen LogP contribution in [-0.2, 0) is 14.4 Å². The molecular weight excluding hydrogens is 410 g/mol. The molecule has 0 aromatic heterocycles. The van der Waals surface area contributed by atoms with Crippen LogP contribution in [0.4, 0.5) is 4.79 Å². The Kier molecular flexibility index (Phi) is 7.07. The minimum atomic E-state index is -0.509. The van der Waals surface area contributed by atoms with E-state index in [0.29, 0.717) is 30.3 Å². The fourth-order valence-corrected chi connectivity index (χ4v) is 6.31. The Morgan fingerprint density at radius 3 is 2.59 bits per heavy atom. The number of amides is 4. The van der Waals surface area contributed by atoms with Crippen LogP contribution in [0, 0.1) is 23.7 Å². The lowest BCUT2D eigenvalue weighted by molar-refractivity contribution is -0.148. The number of carbonyl (C=O) groups excluding carboxylic acids is 3. The number of urea groups is 1. The van der Waals surface area contributed by atoms with E-state index < -0.39 is 12.1 Å². The summed E-state index contributed by atoms with van der Waals surface area (Å²) in [6.07, 6.45) is 5.02. The molecule has 4 aliphatic rings. The van der Waals surface area contributed by atoms with Crippen molar-refractivity contribution in [3.8, 4) is 0 Å². The summed E-state index contributed by atoms with van der Waals surface area (Å²) < 4.78 is 0. The maximum atomic E-state index is 13.3. The highest BCUT2D eigenvalue weighted by molar-refractivity contribution is 5.97. The lowest BCUT2D eigenvalue weighted by Gasteiger charge is -2.50. The van der Waals surface area contributed by atoms with Crippen LogP contribution in [0.3, 0.4) is 0 Å². The normalized spacial score (nSPS) is 42.3. The lowest BCUT2D eigenvalue weighted by atomic mass is 9.65. The quantitative estimate of drug-likeness (QED) is 0.514. The highest BCUT2D eigenvalue weighted by atomic mass is 16.7. The molecule has 1 saturated carbocycles. The number of nitrogens with one attached hydrogen (secondary N) is 4. The van der Waals surface area contributed by atoms with E-state index in [-0.39, 0.29) is 35.8 Å². The van der Waals surface area contributed by atoms with Crippen LogP contribution in [0.2, 0.25) is 0 Å². The highest BCUT2D eigenvalue weighted by Crippen LogP contribution is 2.43. The van der Waals surface area contributed by atoms with Crippen molar-refractivity contribution in [2.75, 3.05) is 13.6 Å². The van der Waals surface area contributed by atoms with Crippen molar-refractivity contribution in [1.29, 1.82) is 0 Å². The summed E-state index contributed by atoms with van der Waals surface area (Å²) in [6.45, 7) is 7.26. The highest BCUT2D eigenvalue weighted by Gasteiger charge is 2.47. The number of hydrogen-bond acceptors (Lipinski definition) is 6. The standard InChI is InChI=1S/C23H39N5O4/c1-12-5-6-16(25-23(31)26-21(29)19-8-14(3)32-27-19)10-17(12)18-9-15-11-24-13(2)7-20(15)28(4)22(18)30/h12-20,24,27H,5-11H2,1-4H3,(H2,25,26,29,31). The van der Waals surface area contributed by atoms with Gasteiger partial charge in [-0.1, -0.05) is 6.92 Å². The first-order valence-electron chi connectivity index (χ1n) is 12.3. The predicted octanol–water partition coefficient (Wildman–Crippen LogP) is 1.14. The van der Waals surface area contributed by atoms with Gasteiger partial charge in [-0.3, -0.25) is 19.7 Å². The summed E-state index contributed by atoms with van der Waals surface area (Å²) in [5.41, 5.74) is 2.67. The molecule has 3 saturated heterocycles. The number of rotatable bonds is 3. The van der Waals surface area contributed by atoms with Gasteiger partial charge in [0.2, 0.25) is 11.8 Å². The first-order valence-corrected chi connectivity index (χ1v) is 12.3. The van der Waals surface area contributed by atoms with E-state index in [1.807, 2.05) is 18.9 Å². The van der Waals surface area contributed by atoms with E-state index >= 15 is 0 Å². The second kappa shape index (κ2) is 9.65. The van der Waals surface area contributed by atoms with Crippen molar-refractivity contribution >= 4 is 17.8 Å². The molecule has 0 radical (unpaired) electrons. The summed E-state index contributed by atoms with van der Waals surface area (Å²) in [5, 5.41) is 9.00. The van der Waals surface area contributed by atoms with Crippen LogP contribution in [-0.4, -0.2) is 66.6 Å². The number of piperidine rings is 2. The Morgan fingerprint density at radius 1 is 1.09 bits per heavy atom. The van der Waals surface area contributed by atoms with Gasteiger partial charge in [-0.25, -0.2) is 4.79 Å². The van der Waals surface area contributed by atoms with Crippen LogP contribution in [0.25, 0.3) is 0 Å². The Hall–Kier alpha value is -1.71. The number of hydrogen-bond donors (Lipinski definition) is 4. The molecular formula is C23H39N5O4. The minimum Gasteiger partial charge on any atom is -0.342 e. The number of nitrogens with zero attached hydrogens (tertiary/aromatic N) is 1. The van der Waals surface area contributed by atoms with E-state index in [1.54, 1.807) is 0 Å². The Labute approximate surface area is 190 Å². The molecule has 9 nitrogen and oxygen atoms in total. The van der Waals surface area contributed by atoms with Crippen LogP contribution < -0.4 is 21.4 Å². The Bertz CT molecular complexity index is 733. The predicted molar refractivity (Wildman–Crippen MR) is 119 cm³/mol. The third-order valence-electron chi connectivity index (χ3n) is 8.23. The van der Waals surface area contributed by atoms with Gasteiger partial charge in [0.05, 0.1) is 6.10 Å². The second-order valence-corrected chi connectivity index (χ2v) is 10.6. The minimum absolute atomic E-state index is 0.00192. The number of imide groups is 1. The van der Waals surface area contributed by atoms with Crippen molar-refractivity contribution in [2.45, 2.75) is 89.6 Å². The molecule has 0 bridgehead atoms. The second-order valence-electron chi connectivity index (χ2n) is 10.6. The summed E-state index contributed by atoms with van der Waals surface area (Å²) in [5.74, 6) is 1.06. The smallest absolute Gasteiger partial charge is 0.321 e. The van der Waals surface area contributed by atoms with Crippen LogP contribution >= 0.6 is 0 Å². The van der Waals surface area contributed by atoms with Crippen molar-refractivity contribution in [3.63, 3.8) is 0 Å². The first-order chi connectivity index (χ1) is 15.2. The molecule has 0 aromatic carbocycles. The zero-order valence-electron chi connectivity index (χ0n) is 19.7. The fourth-order valence-electron chi connectivity index (χ4n) is 6.31. The lowest BCUT2D eigenvalue weighted by Crippen LogP contribution is -2.60. The maximum absolute atomic E-state index is 13.3. The average Bonchev–Trinajstić information content (AvgIpc) is 3.19. The summed E-state index contributed by atoms with van der Waals surface area (Å²) in [7, 11) is 1.97.